The van der Waals surface area contributed by atoms with Crippen LogP contribution in [0.4, 0.5) is 0 Å². The summed E-state index contributed by atoms with van der Waals surface area (Å²) in [5, 5.41) is 14.2. The van der Waals surface area contributed by atoms with Gasteiger partial charge in [0.25, 0.3) is 11.7 Å². The number of amides is 1. The Morgan fingerprint density at radius 2 is 1.95 bits per heavy atom. The van der Waals surface area contributed by atoms with Gasteiger partial charge in [0.15, 0.2) is 6.29 Å². The Bertz CT molecular complexity index is 592. The number of aromatic nitrogens is 4. The van der Waals surface area contributed by atoms with Gasteiger partial charge in [0.05, 0.1) is 12.2 Å². The number of methoxy groups -OCH3 is 2. The van der Waals surface area contributed by atoms with E-state index in [-0.39, 0.29) is 12.4 Å². The number of hydrogen-bond donors (Lipinski definition) is 1. The van der Waals surface area contributed by atoms with Crippen molar-refractivity contribution < 1.29 is 14.3 Å². The Balaban J connectivity index is 2.02. The van der Waals surface area contributed by atoms with E-state index in [0.29, 0.717) is 0 Å². The number of rotatable bonds is 6. The Kier molecular flexibility index (Phi) is 4.96. The first kappa shape index (κ1) is 15.1. The molecule has 0 radical (unpaired) electrons. The van der Waals surface area contributed by atoms with Gasteiger partial charge in [-0.15, -0.1) is 15.0 Å². The molecule has 21 heavy (non-hydrogen) atoms. The predicted molar refractivity (Wildman–Crippen MR) is 74.0 cm³/mol. The van der Waals surface area contributed by atoms with Crippen LogP contribution in [0.5, 0.6) is 0 Å². The van der Waals surface area contributed by atoms with Crippen molar-refractivity contribution in [3.8, 4) is 5.69 Å². The summed E-state index contributed by atoms with van der Waals surface area (Å²) in [6, 6.07) is 7.57. The fraction of sp³-hybridized carbons (Fsp3) is 0.385. The van der Waals surface area contributed by atoms with Gasteiger partial charge in [0.2, 0.25) is 0 Å². The maximum absolute atomic E-state index is 11.9. The van der Waals surface area contributed by atoms with Gasteiger partial charge in [-0.2, -0.15) is 0 Å². The van der Waals surface area contributed by atoms with Crippen LogP contribution >= 0.6 is 0 Å². The Hall–Kier alpha value is -2.32. The number of aryl methyl sites for hydroxylation is 1. The van der Waals surface area contributed by atoms with E-state index in [2.05, 4.69) is 20.7 Å². The van der Waals surface area contributed by atoms with Crippen molar-refractivity contribution in [3.05, 3.63) is 35.7 Å². The first-order valence-corrected chi connectivity index (χ1v) is 6.35. The molecular weight excluding hydrogens is 274 g/mol. The number of benzene rings is 1. The largest absolute Gasteiger partial charge is 0.354 e. The lowest BCUT2D eigenvalue weighted by Crippen LogP contribution is -2.34. The Morgan fingerprint density at radius 1 is 1.29 bits per heavy atom. The highest BCUT2D eigenvalue weighted by Gasteiger charge is 2.15. The van der Waals surface area contributed by atoms with Crippen LogP contribution in [0.15, 0.2) is 24.3 Å². The van der Waals surface area contributed by atoms with Crippen LogP contribution in [0.3, 0.4) is 0 Å². The molecule has 0 unspecified atom stereocenters. The summed E-state index contributed by atoms with van der Waals surface area (Å²) in [6.45, 7) is 2.18. The number of carbonyl (C=O) groups excluding carboxylic acids is 1. The van der Waals surface area contributed by atoms with Crippen LogP contribution in [0, 0.1) is 6.92 Å². The van der Waals surface area contributed by atoms with E-state index in [1.807, 2.05) is 31.2 Å². The average molecular weight is 291 g/mol. The van der Waals surface area contributed by atoms with Crippen LogP contribution in [0.2, 0.25) is 0 Å². The van der Waals surface area contributed by atoms with Crippen molar-refractivity contribution in [2.24, 2.45) is 0 Å². The highest BCUT2D eigenvalue weighted by atomic mass is 16.7. The molecule has 0 aliphatic heterocycles. The Morgan fingerprint density at radius 3 is 2.57 bits per heavy atom. The molecule has 0 aliphatic carbocycles. The SMILES string of the molecule is COC(CNC(=O)c1nnn(-c2ccc(C)cc2)n1)OC. The lowest BCUT2D eigenvalue weighted by Gasteiger charge is -2.12. The first-order valence-electron chi connectivity index (χ1n) is 6.35. The van der Waals surface area contributed by atoms with Gasteiger partial charge in [-0.25, -0.2) is 0 Å². The maximum Gasteiger partial charge on any atom is 0.293 e. The second kappa shape index (κ2) is 6.91. The zero-order valence-electron chi connectivity index (χ0n) is 12.1. The van der Waals surface area contributed by atoms with Gasteiger partial charge in [0.1, 0.15) is 0 Å². The monoisotopic (exact) mass is 291 g/mol. The number of tetrazole rings is 1. The molecule has 0 spiro atoms. The molecule has 2 rings (SSSR count). The molecule has 0 atom stereocenters. The smallest absolute Gasteiger partial charge is 0.293 e. The molecule has 8 nitrogen and oxygen atoms in total. The average Bonchev–Trinajstić information content (AvgIpc) is 2.99. The van der Waals surface area contributed by atoms with Crippen LogP contribution in [-0.2, 0) is 9.47 Å². The molecule has 1 amide bonds. The summed E-state index contributed by atoms with van der Waals surface area (Å²) in [4.78, 5) is 13.2. The Labute approximate surface area is 122 Å². The maximum atomic E-state index is 11.9. The second-order valence-corrected chi connectivity index (χ2v) is 4.35. The zero-order chi connectivity index (χ0) is 15.2. The topological polar surface area (TPSA) is 91.2 Å². The minimum atomic E-state index is -0.513. The predicted octanol–water partition coefficient (Wildman–Crippen LogP) is 0.319. The van der Waals surface area contributed by atoms with E-state index < -0.39 is 12.2 Å². The van der Waals surface area contributed by atoms with Crippen LogP contribution in [0.1, 0.15) is 16.2 Å². The number of carbonyl (C=O) groups is 1. The highest BCUT2D eigenvalue weighted by molar-refractivity contribution is 5.90. The van der Waals surface area contributed by atoms with E-state index in [9.17, 15) is 4.79 Å². The fourth-order valence-electron chi connectivity index (χ4n) is 1.61. The summed E-state index contributed by atoms with van der Waals surface area (Å²) in [5.74, 6) is -0.450. The fourth-order valence-corrected chi connectivity index (χ4v) is 1.61. The van der Waals surface area contributed by atoms with E-state index in [4.69, 9.17) is 9.47 Å². The van der Waals surface area contributed by atoms with Crippen LogP contribution < -0.4 is 5.32 Å². The number of hydrogen-bond acceptors (Lipinski definition) is 6. The molecular formula is C13H17N5O3. The van der Waals surface area contributed by atoms with Crippen LogP contribution in [-0.4, -0.2) is 53.2 Å². The molecule has 0 fully saturated rings. The molecule has 8 heteroatoms. The molecule has 0 aliphatic rings. The highest BCUT2D eigenvalue weighted by Crippen LogP contribution is 2.06. The van der Waals surface area contributed by atoms with Crippen molar-refractivity contribution >= 4 is 5.91 Å². The van der Waals surface area contributed by atoms with Crippen LogP contribution in [0.25, 0.3) is 5.69 Å². The lowest BCUT2D eigenvalue weighted by molar-refractivity contribution is -0.0974. The molecule has 112 valence electrons. The number of ether oxygens (including phenoxy) is 2. The molecule has 0 saturated carbocycles. The molecule has 1 aromatic carbocycles. The third-order valence-corrected chi connectivity index (χ3v) is 2.84. The molecule has 0 bridgehead atoms. The van der Waals surface area contributed by atoms with E-state index in [1.54, 1.807) is 0 Å². The van der Waals surface area contributed by atoms with E-state index >= 15 is 0 Å². The second-order valence-electron chi connectivity index (χ2n) is 4.35. The van der Waals surface area contributed by atoms with Gasteiger partial charge < -0.3 is 14.8 Å². The minimum Gasteiger partial charge on any atom is -0.354 e. The summed E-state index contributed by atoms with van der Waals surface area (Å²) in [5.41, 5.74) is 1.86. The molecule has 1 N–H and O–H groups in total. The third-order valence-electron chi connectivity index (χ3n) is 2.84. The summed E-state index contributed by atoms with van der Waals surface area (Å²) < 4.78 is 9.95. The summed E-state index contributed by atoms with van der Waals surface area (Å²) >= 11 is 0. The molecule has 1 heterocycles. The van der Waals surface area contributed by atoms with Crippen molar-refractivity contribution in [2.45, 2.75) is 13.2 Å². The number of nitrogens with zero attached hydrogens (tertiary/aromatic N) is 4. The quantitative estimate of drug-likeness (QED) is 0.771. The van der Waals surface area contributed by atoms with E-state index in [0.717, 1.165) is 11.3 Å². The van der Waals surface area contributed by atoms with Gasteiger partial charge in [-0.1, -0.05) is 17.7 Å². The zero-order valence-corrected chi connectivity index (χ0v) is 12.1. The van der Waals surface area contributed by atoms with Crippen molar-refractivity contribution in [2.75, 3.05) is 20.8 Å². The molecule has 1 aromatic heterocycles. The van der Waals surface area contributed by atoms with Crippen molar-refractivity contribution in [1.82, 2.24) is 25.5 Å². The molecule has 2 aromatic rings. The standard InChI is InChI=1S/C13H17N5O3/c1-9-4-6-10(7-5-9)18-16-12(15-17-18)13(19)14-8-11(20-2)21-3/h4-7,11H,8H2,1-3H3,(H,14,19). The van der Waals surface area contributed by atoms with Gasteiger partial charge in [-0.3, -0.25) is 4.79 Å². The summed E-state index contributed by atoms with van der Waals surface area (Å²) in [6.07, 6.45) is -0.513. The minimum absolute atomic E-state index is 0.0125. The van der Waals surface area contributed by atoms with Crippen molar-refractivity contribution in [3.63, 3.8) is 0 Å². The lowest BCUT2D eigenvalue weighted by atomic mass is 10.2. The number of nitrogens with one attached hydrogen (secondary N) is 1. The van der Waals surface area contributed by atoms with Crippen molar-refractivity contribution in [1.29, 1.82) is 0 Å². The normalized spacial score (nSPS) is 10.9. The third kappa shape index (κ3) is 3.83. The molecule has 0 saturated heterocycles. The van der Waals surface area contributed by atoms with E-state index in [1.165, 1.54) is 19.0 Å². The van der Waals surface area contributed by atoms with Gasteiger partial charge >= 0.3 is 0 Å². The summed E-state index contributed by atoms with van der Waals surface area (Å²) in [7, 11) is 2.98. The van der Waals surface area contributed by atoms with Gasteiger partial charge in [0, 0.05) is 14.2 Å². The first-order chi connectivity index (χ1) is 10.1. The van der Waals surface area contributed by atoms with Gasteiger partial charge in [-0.05, 0) is 24.3 Å².